The number of hydrogen-bond acceptors (Lipinski definition) is 7. The van der Waals surface area contributed by atoms with Gasteiger partial charge in [-0.15, -0.1) is 10.2 Å². The zero-order valence-corrected chi connectivity index (χ0v) is 21.8. The van der Waals surface area contributed by atoms with Gasteiger partial charge in [-0.3, -0.25) is 14.5 Å². The van der Waals surface area contributed by atoms with Crippen LogP contribution >= 0.6 is 0 Å². The van der Waals surface area contributed by atoms with Gasteiger partial charge < -0.3 is 14.5 Å². The Kier molecular flexibility index (Phi) is 7.56. The molecule has 0 aliphatic rings. The first-order valence-electron chi connectivity index (χ1n) is 11.9. The Morgan fingerprint density at radius 3 is 2.45 bits per heavy atom. The third-order valence-electron chi connectivity index (χ3n) is 5.48. The van der Waals surface area contributed by atoms with E-state index in [2.05, 4.69) is 20.7 Å². The number of ether oxygens (including phenoxy) is 1. The van der Waals surface area contributed by atoms with E-state index in [0.29, 0.717) is 22.8 Å². The summed E-state index contributed by atoms with van der Waals surface area (Å²) >= 11 is 0. The molecule has 0 radical (unpaired) electrons. The second-order valence-corrected chi connectivity index (χ2v) is 9.68. The quantitative estimate of drug-likeness (QED) is 0.372. The van der Waals surface area contributed by atoms with E-state index < -0.39 is 29.2 Å². The zero-order chi connectivity index (χ0) is 27.4. The van der Waals surface area contributed by atoms with E-state index in [-0.39, 0.29) is 18.1 Å². The zero-order valence-electron chi connectivity index (χ0n) is 21.8. The largest absolute Gasteiger partial charge is 0.495 e. The number of anilines is 1. The van der Waals surface area contributed by atoms with Gasteiger partial charge in [-0.2, -0.15) is 4.80 Å². The Labute approximate surface area is 219 Å². The highest BCUT2D eigenvalue weighted by Gasteiger charge is 2.38. The number of para-hydroxylation sites is 2. The molecule has 0 bridgehead atoms. The topological polar surface area (TPSA) is 115 Å². The van der Waals surface area contributed by atoms with Crippen LogP contribution in [0, 0.1) is 12.7 Å². The molecule has 0 saturated carbocycles. The minimum absolute atomic E-state index is 0.227. The van der Waals surface area contributed by atoms with Crippen molar-refractivity contribution in [1.29, 1.82) is 0 Å². The molecule has 0 saturated heterocycles. The van der Waals surface area contributed by atoms with Crippen molar-refractivity contribution in [1.82, 2.24) is 25.5 Å². The van der Waals surface area contributed by atoms with Gasteiger partial charge in [0.05, 0.1) is 12.8 Å². The lowest BCUT2D eigenvalue weighted by Crippen LogP contribution is -2.50. The van der Waals surface area contributed by atoms with Crippen molar-refractivity contribution >= 4 is 17.5 Å². The van der Waals surface area contributed by atoms with Crippen LogP contribution in [0.2, 0.25) is 0 Å². The summed E-state index contributed by atoms with van der Waals surface area (Å²) in [5.74, 6) is 0.133. The van der Waals surface area contributed by atoms with Crippen LogP contribution in [0.25, 0.3) is 11.4 Å². The summed E-state index contributed by atoms with van der Waals surface area (Å²) in [6.07, 6.45) is 0. The molecule has 0 aliphatic heterocycles. The summed E-state index contributed by atoms with van der Waals surface area (Å²) in [5.41, 5.74) is 0.325. The summed E-state index contributed by atoms with van der Waals surface area (Å²) in [4.78, 5) is 30.0. The average Bonchev–Trinajstić information content (AvgIpc) is 3.50. The molecule has 2 amide bonds. The molecular weight excluding hydrogens is 491 g/mol. The molecule has 0 fully saturated rings. The monoisotopic (exact) mass is 520 g/mol. The van der Waals surface area contributed by atoms with Crippen LogP contribution < -0.4 is 15.0 Å². The maximum absolute atomic E-state index is 13.9. The van der Waals surface area contributed by atoms with Gasteiger partial charge in [0.25, 0.3) is 11.8 Å². The minimum Gasteiger partial charge on any atom is -0.495 e. The predicted octanol–water partition coefficient (Wildman–Crippen LogP) is 4.08. The van der Waals surface area contributed by atoms with Crippen molar-refractivity contribution < 1.29 is 23.1 Å². The standard InChI is InChI=1S/C27H29FN6O4/c1-17-10-15-22(38-17)24(26(36)29-27(2,3)4)34(20-8-6-7-9-21(20)37-5)23(35)16-33-31-25(30-32-33)18-11-13-19(28)14-12-18/h6-15,24H,16H2,1-5H3,(H,29,36). The van der Waals surface area contributed by atoms with E-state index in [9.17, 15) is 14.0 Å². The lowest BCUT2D eigenvalue weighted by atomic mass is 10.1. The Bertz CT molecular complexity index is 1420. The van der Waals surface area contributed by atoms with Gasteiger partial charge in [0.1, 0.15) is 29.6 Å². The molecule has 1 atom stereocenters. The predicted molar refractivity (Wildman–Crippen MR) is 138 cm³/mol. The van der Waals surface area contributed by atoms with E-state index in [1.165, 1.54) is 36.3 Å². The lowest BCUT2D eigenvalue weighted by Gasteiger charge is -2.33. The van der Waals surface area contributed by atoms with Crippen LogP contribution in [0.1, 0.15) is 38.3 Å². The molecule has 2 aromatic heterocycles. The van der Waals surface area contributed by atoms with Crippen molar-refractivity contribution in [3.8, 4) is 17.1 Å². The Morgan fingerprint density at radius 2 is 1.82 bits per heavy atom. The Hall–Kier alpha value is -4.54. The summed E-state index contributed by atoms with van der Waals surface area (Å²) in [6, 6.07) is 14.7. The molecule has 4 rings (SSSR count). The molecule has 1 N–H and O–H groups in total. The molecule has 0 aliphatic carbocycles. The third-order valence-corrected chi connectivity index (χ3v) is 5.48. The first kappa shape index (κ1) is 26.5. The first-order chi connectivity index (χ1) is 18.1. The number of rotatable bonds is 8. The SMILES string of the molecule is COc1ccccc1N(C(=O)Cn1nnc(-c2ccc(F)cc2)n1)C(C(=O)NC(C)(C)C)c1ccc(C)o1. The van der Waals surface area contributed by atoms with Crippen molar-refractivity contribution in [2.24, 2.45) is 0 Å². The molecule has 0 spiro atoms. The van der Waals surface area contributed by atoms with Gasteiger partial charge in [0.2, 0.25) is 5.82 Å². The molecule has 2 heterocycles. The maximum atomic E-state index is 13.9. The maximum Gasteiger partial charge on any atom is 0.251 e. The van der Waals surface area contributed by atoms with Crippen LogP contribution in [-0.4, -0.2) is 44.7 Å². The number of aryl methyl sites for hydroxylation is 1. The molecule has 11 heteroatoms. The van der Waals surface area contributed by atoms with Crippen LogP contribution in [0.3, 0.4) is 0 Å². The van der Waals surface area contributed by atoms with Gasteiger partial charge in [-0.05, 0) is 81.4 Å². The van der Waals surface area contributed by atoms with Gasteiger partial charge in [-0.1, -0.05) is 12.1 Å². The fourth-order valence-electron chi connectivity index (χ4n) is 3.88. The number of aromatic nitrogens is 4. The number of methoxy groups -OCH3 is 1. The van der Waals surface area contributed by atoms with Crippen LogP contribution in [0.4, 0.5) is 10.1 Å². The number of tetrazole rings is 1. The van der Waals surface area contributed by atoms with E-state index in [1.54, 1.807) is 43.3 Å². The van der Waals surface area contributed by atoms with Gasteiger partial charge >= 0.3 is 0 Å². The molecule has 38 heavy (non-hydrogen) atoms. The summed E-state index contributed by atoms with van der Waals surface area (Å²) in [6.45, 7) is 6.96. The fraction of sp³-hybridized carbons (Fsp3) is 0.296. The van der Waals surface area contributed by atoms with Gasteiger partial charge in [0.15, 0.2) is 6.04 Å². The summed E-state index contributed by atoms with van der Waals surface area (Å²) < 4.78 is 24.7. The second-order valence-electron chi connectivity index (χ2n) is 9.68. The number of furan rings is 1. The highest BCUT2D eigenvalue weighted by molar-refractivity contribution is 6.02. The highest BCUT2D eigenvalue weighted by atomic mass is 19.1. The Morgan fingerprint density at radius 1 is 1.11 bits per heavy atom. The molecule has 1 unspecified atom stereocenters. The summed E-state index contributed by atoms with van der Waals surface area (Å²) in [5, 5.41) is 15.2. The Balaban J connectivity index is 1.76. The normalized spacial score (nSPS) is 12.2. The lowest BCUT2D eigenvalue weighted by molar-refractivity contribution is -0.128. The highest BCUT2D eigenvalue weighted by Crippen LogP contribution is 2.36. The van der Waals surface area contributed by atoms with Crippen molar-refractivity contribution in [3.05, 3.63) is 78.0 Å². The van der Waals surface area contributed by atoms with Gasteiger partial charge in [0, 0.05) is 11.1 Å². The van der Waals surface area contributed by atoms with E-state index in [0.717, 1.165) is 4.80 Å². The third kappa shape index (κ3) is 6.05. The summed E-state index contributed by atoms with van der Waals surface area (Å²) in [7, 11) is 1.48. The number of halogens is 1. The van der Waals surface area contributed by atoms with E-state index in [4.69, 9.17) is 9.15 Å². The molecular formula is C27H29FN6O4. The number of amides is 2. The first-order valence-corrected chi connectivity index (χ1v) is 11.9. The number of benzene rings is 2. The number of hydrogen-bond donors (Lipinski definition) is 1. The molecule has 2 aromatic carbocycles. The molecule has 10 nitrogen and oxygen atoms in total. The number of nitrogens with one attached hydrogen (secondary N) is 1. The van der Waals surface area contributed by atoms with Crippen LogP contribution in [0.15, 0.2) is 65.1 Å². The number of carbonyl (C=O) groups excluding carboxylic acids is 2. The smallest absolute Gasteiger partial charge is 0.251 e. The molecule has 198 valence electrons. The van der Waals surface area contributed by atoms with E-state index in [1.807, 2.05) is 20.8 Å². The number of nitrogens with zero attached hydrogens (tertiary/aromatic N) is 5. The van der Waals surface area contributed by atoms with E-state index >= 15 is 0 Å². The second kappa shape index (κ2) is 10.8. The van der Waals surface area contributed by atoms with Gasteiger partial charge in [-0.25, -0.2) is 4.39 Å². The van der Waals surface area contributed by atoms with Crippen LogP contribution in [0.5, 0.6) is 5.75 Å². The minimum atomic E-state index is -1.16. The van der Waals surface area contributed by atoms with Crippen LogP contribution in [-0.2, 0) is 16.1 Å². The van der Waals surface area contributed by atoms with Crippen molar-refractivity contribution in [2.75, 3.05) is 12.0 Å². The number of carbonyl (C=O) groups is 2. The fourth-order valence-corrected chi connectivity index (χ4v) is 3.88. The van der Waals surface area contributed by atoms with Crippen molar-refractivity contribution in [3.63, 3.8) is 0 Å². The molecule has 4 aromatic rings. The van der Waals surface area contributed by atoms with Crippen molar-refractivity contribution in [2.45, 2.75) is 45.8 Å². The average molecular weight is 521 g/mol.